The SMILES string of the molecule is C=C(C)CN(CC)C(=O)[C@@H]1CC(=O)N(C2CCCC2)C1. The number of carbonyl (C=O) groups excluding carboxylic acids is 2. The highest BCUT2D eigenvalue weighted by atomic mass is 16.2. The molecule has 2 rings (SSSR count). The minimum atomic E-state index is -0.151. The third kappa shape index (κ3) is 3.22. The van der Waals surface area contributed by atoms with Crippen LogP contribution in [0.15, 0.2) is 12.2 Å². The van der Waals surface area contributed by atoms with Crippen molar-refractivity contribution in [3.05, 3.63) is 12.2 Å². The second-order valence-electron chi connectivity index (χ2n) is 6.19. The van der Waals surface area contributed by atoms with Crippen molar-refractivity contribution in [3.63, 3.8) is 0 Å². The van der Waals surface area contributed by atoms with Crippen LogP contribution in [0, 0.1) is 5.92 Å². The van der Waals surface area contributed by atoms with Gasteiger partial charge in [0.25, 0.3) is 0 Å². The summed E-state index contributed by atoms with van der Waals surface area (Å²) in [5.74, 6) is 0.133. The van der Waals surface area contributed by atoms with Crippen molar-refractivity contribution in [2.45, 2.75) is 52.0 Å². The van der Waals surface area contributed by atoms with Crippen LogP contribution in [0.4, 0.5) is 0 Å². The summed E-state index contributed by atoms with van der Waals surface area (Å²) in [4.78, 5) is 28.5. The number of likely N-dealkylation sites (tertiary alicyclic amines) is 1. The molecule has 0 aromatic rings. The van der Waals surface area contributed by atoms with Crippen molar-refractivity contribution in [3.8, 4) is 0 Å². The van der Waals surface area contributed by atoms with Crippen LogP contribution in [0.1, 0.15) is 46.0 Å². The van der Waals surface area contributed by atoms with Crippen LogP contribution >= 0.6 is 0 Å². The molecule has 1 aliphatic heterocycles. The van der Waals surface area contributed by atoms with E-state index in [0.717, 1.165) is 18.4 Å². The maximum absolute atomic E-state index is 12.5. The molecule has 0 aromatic carbocycles. The first-order valence-corrected chi connectivity index (χ1v) is 7.75. The summed E-state index contributed by atoms with van der Waals surface area (Å²) < 4.78 is 0. The first kappa shape index (κ1) is 15.1. The van der Waals surface area contributed by atoms with Gasteiger partial charge in [-0.25, -0.2) is 0 Å². The number of nitrogens with zero attached hydrogens (tertiary/aromatic N) is 2. The van der Waals surface area contributed by atoms with Gasteiger partial charge in [-0.05, 0) is 26.7 Å². The van der Waals surface area contributed by atoms with E-state index < -0.39 is 0 Å². The van der Waals surface area contributed by atoms with Gasteiger partial charge in [-0.2, -0.15) is 0 Å². The summed E-state index contributed by atoms with van der Waals surface area (Å²) in [6, 6.07) is 0.386. The van der Waals surface area contributed by atoms with E-state index in [1.165, 1.54) is 12.8 Å². The highest BCUT2D eigenvalue weighted by molar-refractivity contribution is 5.89. The third-order valence-electron chi connectivity index (χ3n) is 4.43. The molecule has 0 unspecified atom stereocenters. The Labute approximate surface area is 121 Å². The van der Waals surface area contributed by atoms with Gasteiger partial charge < -0.3 is 9.80 Å². The average molecular weight is 278 g/mol. The van der Waals surface area contributed by atoms with Gasteiger partial charge >= 0.3 is 0 Å². The van der Waals surface area contributed by atoms with Gasteiger partial charge in [0.05, 0.1) is 5.92 Å². The normalized spacial score (nSPS) is 23.4. The quantitative estimate of drug-likeness (QED) is 0.723. The first-order chi connectivity index (χ1) is 9.52. The molecule has 1 atom stereocenters. The van der Waals surface area contributed by atoms with Gasteiger partial charge in [0.15, 0.2) is 0 Å². The molecule has 0 bridgehead atoms. The fourth-order valence-electron chi connectivity index (χ4n) is 3.40. The summed E-state index contributed by atoms with van der Waals surface area (Å²) in [6.07, 6.45) is 5.03. The topological polar surface area (TPSA) is 40.6 Å². The van der Waals surface area contributed by atoms with Crippen LogP contribution in [0.2, 0.25) is 0 Å². The van der Waals surface area contributed by atoms with Gasteiger partial charge in [0, 0.05) is 32.1 Å². The summed E-state index contributed by atoms with van der Waals surface area (Å²) in [7, 11) is 0. The molecule has 1 aliphatic carbocycles. The molecule has 1 heterocycles. The second kappa shape index (κ2) is 6.42. The van der Waals surface area contributed by atoms with E-state index in [9.17, 15) is 9.59 Å². The molecule has 2 fully saturated rings. The van der Waals surface area contributed by atoms with E-state index in [0.29, 0.717) is 32.1 Å². The van der Waals surface area contributed by atoms with Crippen molar-refractivity contribution in [1.29, 1.82) is 0 Å². The lowest BCUT2D eigenvalue weighted by Crippen LogP contribution is -2.39. The van der Waals surface area contributed by atoms with Crippen LogP contribution in [-0.2, 0) is 9.59 Å². The fraction of sp³-hybridized carbons (Fsp3) is 0.750. The summed E-state index contributed by atoms with van der Waals surface area (Å²) in [5, 5.41) is 0. The molecule has 0 aromatic heterocycles. The van der Waals surface area contributed by atoms with Gasteiger partial charge in [-0.1, -0.05) is 25.0 Å². The van der Waals surface area contributed by atoms with Crippen LogP contribution in [0.25, 0.3) is 0 Å². The first-order valence-electron chi connectivity index (χ1n) is 7.75. The van der Waals surface area contributed by atoms with E-state index in [1.54, 1.807) is 0 Å². The average Bonchev–Trinajstić information content (AvgIpc) is 3.03. The minimum absolute atomic E-state index is 0.115. The molecule has 112 valence electrons. The highest BCUT2D eigenvalue weighted by Crippen LogP contribution is 2.30. The van der Waals surface area contributed by atoms with Crippen LogP contribution in [0.3, 0.4) is 0 Å². The lowest BCUT2D eigenvalue weighted by Gasteiger charge is -2.26. The van der Waals surface area contributed by atoms with Crippen molar-refractivity contribution in [1.82, 2.24) is 9.80 Å². The molecule has 2 amide bonds. The molecular formula is C16H26N2O2. The van der Waals surface area contributed by atoms with E-state index in [4.69, 9.17) is 0 Å². The molecule has 0 radical (unpaired) electrons. The molecule has 20 heavy (non-hydrogen) atoms. The lowest BCUT2D eigenvalue weighted by atomic mass is 10.1. The predicted molar refractivity (Wildman–Crippen MR) is 79.1 cm³/mol. The lowest BCUT2D eigenvalue weighted by molar-refractivity contribution is -0.135. The number of likely N-dealkylation sites (N-methyl/N-ethyl adjacent to an activating group) is 1. The Morgan fingerprint density at radius 2 is 2.05 bits per heavy atom. The number of hydrogen-bond donors (Lipinski definition) is 0. The molecule has 1 saturated carbocycles. The smallest absolute Gasteiger partial charge is 0.228 e. The Kier molecular flexibility index (Phi) is 4.84. The van der Waals surface area contributed by atoms with Gasteiger partial charge in [0.2, 0.25) is 11.8 Å². The number of rotatable bonds is 5. The molecule has 4 heteroatoms. The summed E-state index contributed by atoms with van der Waals surface area (Å²) in [6.45, 7) is 9.68. The fourth-order valence-corrected chi connectivity index (χ4v) is 3.40. The maximum Gasteiger partial charge on any atom is 0.228 e. The Morgan fingerprint density at radius 1 is 1.40 bits per heavy atom. The molecule has 4 nitrogen and oxygen atoms in total. The monoisotopic (exact) mass is 278 g/mol. The Hall–Kier alpha value is -1.32. The van der Waals surface area contributed by atoms with Crippen LogP contribution in [-0.4, -0.2) is 47.3 Å². The second-order valence-corrected chi connectivity index (χ2v) is 6.19. The number of carbonyl (C=O) groups is 2. The van der Waals surface area contributed by atoms with E-state index >= 15 is 0 Å². The number of amides is 2. The zero-order valence-corrected chi connectivity index (χ0v) is 12.7. The van der Waals surface area contributed by atoms with Crippen molar-refractivity contribution < 1.29 is 9.59 Å². The Balaban J connectivity index is 1.97. The van der Waals surface area contributed by atoms with Crippen LogP contribution in [0.5, 0.6) is 0 Å². The van der Waals surface area contributed by atoms with Gasteiger partial charge in [-0.15, -0.1) is 0 Å². The summed E-state index contributed by atoms with van der Waals surface area (Å²) in [5.41, 5.74) is 0.983. The van der Waals surface area contributed by atoms with E-state index in [1.807, 2.05) is 23.6 Å². The molecule has 0 spiro atoms. The van der Waals surface area contributed by atoms with Crippen molar-refractivity contribution >= 4 is 11.8 Å². The van der Waals surface area contributed by atoms with Gasteiger partial charge in [-0.3, -0.25) is 9.59 Å². The molecule has 2 aliphatic rings. The van der Waals surface area contributed by atoms with Gasteiger partial charge in [0.1, 0.15) is 0 Å². The summed E-state index contributed by atoms with van der Waals surface area (Å²) >= 11 is 0. The zero-order chi connectivity index (χ0) is 14.7. The van der Waals surface area contributed by atoms with E-state index in [-0.39, 0.29) is 17.7 Å². The molecule has 1 saturated heterocycles. The predicted octanol–water partition coefficient (Wildman–Crippen LogP) is 2.20. The largest absolute Gasteiger partial charge is 0.339 e. The molecular weight excluding hydrogens is 252 g/mol. The Bertz CT molecular complexity index is 399. The Morgan fingerprint density at radius 3 is 2.60 bits per heavy atom. The maximum atomic E-state index is 12.5. The zero-order valence-electron chi connectivity index (χ0n) is 12.7. The molecule has 0 N–H and O–H groups in total. The third-order valence-corrected chi connectivity index (χ3v) is 4.43. The van der Waals surface area contributed by atoms with Crippen LogP contribution < -0.4 is 0 Å². The van der Waals surface area contributed by atoms with Crippen molar-refractivity contribution in [2.24, 2.45) is 5.92 Å². The number of hydrogen-bond acceptors (Lipinski definition) is 2. The van der Waals surface area contributed by atoms with E-state index in [2.05, 4.69) is 6.58 Å². The van der Waals surface area contributed by atoms with Crippen molar-refractivity contribution in [2.75, 3.05) is 19.6 Å². The highest BCUT2D eigenvalue weighted by Gasteiger charge is 2.39. The minimum Gasteiger partial charge on any atom is -0.339 e. The standard InChI is InChI=1S/C16H26N2O2/c1-4-17(10-12(2)3)16(20)13-9-15(19)18(11-13)14-7-5-6-8-14/h13-14H,2,4-11H2,1,3H3/t13-/m1/s1.